The number of amides is 1. The van der Waals surface area contributed by atoms with Crippen LogP contribution in [0.4, 0.5) is 5.69 Å². The molecule has 0 atom stereocenters. The van der Waals surface area contributed by atoms with E-state index in [2.05, 4.69) is 65.6 Å². The lowest BCUT2D eigenvalue weighted by Crippen LogP contribution is -2.19. The third-order valence-corrected chi connectivity index (χ3v) is 7.46. The van der Waals surface area contributed by atoms with E-state index in [1.54, 1.807) is 22.2 Å². The average Bonchev–Trinajstić information content (AvgIpc) is 3.45. The molecular weight excluding hydrogens is 478 g/mol. The van der Waals surface area contributed by atoms with Gasteiger partial charge in [-0.3, -0.25) is 4.79 Å². The Kier molecular flexibility index (Phi) is 5.77. The van der Waals surface area contributed by atoms with Crippen LogP contribution in [-0.4, -0.2) is 25.7 Å². The fourth-order valence-electron chi connectivity index (χ4n) is 4.63. The highest BCUT2D eigenvalue weighted by Crippen LogP contribution is 2.32. The first-order chi connectivity index (χ1) is 17.9. The zero-order chi connectivity index (χ0) is 25.5. The van der Waals surface area contributed by atoms with Crippen molar-refractivity contribution < 1.29 is 4.79 Å². The van der Waals surface area contributed by atoms with E-state index in [1.807, 2.05) is 43.3 Å². The van der Waals surface area contributed by atoms with Gasteiger partial charge in [0.1, 0.15) is 11.6 Å². The summed E-state index contributed by atoms with van der Waals surface area (Å²) in [5.74, 6) is -0.157. The van der Waals surface area contributed by atoms with Crippen molar-refractivity contribution >= 4 is 44.2 Å². The topological polar surface area (TPSA) is 72.7 Å². The number of pyridine rings is 1. The number of aryl methyl sites for hydroxylation is 3. The van der Waals surface area contributed by atoms with Gasteiger partial charge in [-0.2, -0.15) is 5.10 Å². The van der Waals surface area contributed by atoms with Crippen LogP contribution in [0.1, 0.15) is 16.8 Å². The van der Waals surface area contributed by atoms with E-state index < -0.39 is 0 Å². The normalized spacial score (nSPS) is 11.3. The quantitative estimate of drug-likeness (QED) is 0.277. The number of hydrogen-bond donors (Lipinski definition) is 1. The van der Waals surface area contributed by atoms with Crippen LogP contribution in [0.25, 0.3) is 42.9 Å². The summed E-state index contributed by atoms with van der Waals surface area (Å²) in [4.78, 5) is 22.2. The van der Waals surface area contributed by atoms with E-state index in [4.69, 9.17) is 4.98 Å². The molecule has 0 spiro atoms. The van der Waals surface area contributed by atoms with Gasteiger partial charge < -0.3 is 5.32 Å². The number of fused-ring (bicyclic) bond motifs is 2. The standard InChI is InChI=1S/C30H25N5OS/c1-18-5-4-6-22(15-18)24-13-14-31-29-28(24)20(3)34-35(29)17-27(36)32-23-10-8-21(9-11-23)30-33-25-12-7-19(2)16-26(25)37-30/h4-16H,17H2,1-3H3,(H,32,36). The lowest BCUT2D eigenvalue weighted by molar-refractivity contribution is -0.116. The van der Waals surface area contributed by atoms with Gasteiger partial charge in [0.15, 0.2) is 5.65 Å². The molecule has 3 aromatic heterocycles. The van der Waals surface area contributed by atoms with Gasteiger partial charge in [-0.05, 0) is 79.9 Å². The van der Waals surface area contributed by atoms with Gasteiger partial charge >= 0.3 is 0 Å². The smallest absolute Gasteiger partial charge is 0.246 e. The van der Waals surface area contributed by atoms with Gasteiger partial charge in [-0.15, -0.1) is 11.3 Å². The lowest BCUT2D eigenvalue weighted by atomic mass is 10.0. The van der Waals surface area contributed by atoms with Crippen LogP contribution in [0.5, 0.6) is 0 Å². The maximum atomic E-state index is 12.9. The Balaban J connectivity index is 1.21. The summed E-state index contributed by atoms with van der Waals surface area (Å²) in [6.07, 6.45) is 1.78. The Labute approximate surface area is 218 Å². The summed E-state index contributed by atoms with van der Waals surface area (Å²) in [5, 5.41) is 9.57. The van der Waals surface area contributed by atoms with Crippen molar-refractivity contribution in [1.29, 1.82) is 0 Å². The highest BCUT2D eigenvalue weighted by Gasteiger charge is 2.16. The SMILES string of the molecule is Cc1cccc(-c2ccnc3c2c(C)nn3CC(=O)Nc2ccc(-c3nc4ccc(C)cc4s3)cc2)c1. The maximum Gasteiger partial charge on any atom is 0.246 e. The molecule has 0 radical (unpaired) electrons. The van der Waals surface area contributed by atoms with Gasteiger partial charge in [-0.1, -0.05) is 35.9 Å². The molecule has 182 valence electrons. The van der Waals surface area contributed by atoms with Gasteiger partial charge in [-0.25, -0.2) is 14.6 Å². The van der Waals surface area contributed by atoms with Crippen molar-refractivity contribution in [1.82, 2.24) is 19.7 Å². The average molecular weight is 504 g/mol. The number of nitrogens with one attached hydrogen (secondary N) is 1. The molecule has 0 aliphatic heterocycles. The number of thiazole rings is 1. The first-order valence-electron chi connectivity index (χ1n) is 12.1. The summed E-state index contributed by atoms with van der Waals surface area (Å²) < 4.78 is 2.85. The number of carbonyl (C=O) groups excluding carboxylic acids is 1. The molecule has 6 rings (SSSR count). The molecule has 37 heavy (non-hydrogen) atoms. The van der Waals surface area contributed by atoms with E-state index in [-0.39, 0.29) is 12.5 Å². The molecule has 0 unspecified atom stereocenters. The fraction of sp³-hybridized carbons (Fsp3) is 0.133. The van der Waals surface area contributed by atoms with Crippen LogP contribution in [0.2, 0.25) is 0 Å². The van der Waals surface area contributed by atoms with Crippen molar-refractivity contribution in [3.63, 3.8) is 0 Å². The molecule has 1 N–H and O–H groups in total. The number of aromatic nitrogens is 4. The van der Waals surface area contributed by atoms with Crippen LogP contribution >= 0.6 is 11.3 Å². The van der Waals surface area contributed by atoms with Crippen molar-refractivity contribution in [2.75, 3.05) is 5.32 Å². The van der Waals surface area contributed by atoms with E-state index in [9.17, 15) is 4.79 Å². The molecule has 6 nitrogen and oxygen atoms in total. The molecule has 3 heterocycles. The third-order valence-electron chi connectivity index (χ3n) is 6.39. The number of benzene rings is 3. The van der Waals surface area contributed by atoms with Crippen LogP contribution in [0.3, 0.4) is 0 Å². The van der Waals surface area contributed by atoms with E-state index >= 15 is 0 Å². The Morgan fingerprint density at radius 1 is 0.919 bits per heavy atom. The van der Waals surface area contributed by atoms with E-state index in [0.29, 0.717) is 5.65 Å². The third kappa shape index (κ3) is 4.49. The molecule has 0 aliphatic carbocycles. The number of hydrogen-bond acceptors (Lipinski definition) is 5. The van der Waals surface area contributed by atoms with Crippen LogP contribution in [0, 0.1) is 20.8 Å². The predicted octanol–water partition coefficient (Wildman–Crippen LogP) is 6.94. The molecule has 7 heteroatoms. The van der Waals surface area contributed by atoms with Gasteiger partial charge in [0, 0.05) is 22.8 Å². The summed E-state index contributed by atoms with van der Waals surface area (Å²) in [6, 6.07) is 24.5. The Hall–Kier alpha value is -4.36. The highest BCUT2D eigenvalue weighted by atomic mass is 32.1. The summed E-state index contributed by atoms with van der Waals surface area (Å²) in [5.41, 5.74) is 8.91. The molecule has 0 bridgehead atoms. The van der Waals surface area contributed by atoms with E-state index in [0.717, 1.165) is 44.0 Å². The number of rotatable bonds is 5. The van der Waals surface area contributed by atoms with Gasteiger partial charge in [0.2, 0.25) is 5.91 Å². The molecule has 0 saturated carbocycles. The second-order valence-corrected chi connectivity index (χ2v) is 10.3. The second kappa shape index (κ2) is 9.26. The zero-order valence-electron chi connectivity index (χ0n) is 20.8. The lowest BCUT2D eigenvalue weighted by Gasteiger charge is -2.08. The Morgan fingerprint density at radius 3 is 2.54 bits per heavy atom. The van der Waals surface area contributed by atoms with Crippen molar-refractivity contribution in [3.05, 3.63) is 95.8 Å². The maximum absolute atomic E-state index is 12.9. The zero-order valence-corrected chi connectivity index (χ0v) is 21.6. The van der Waals surface area contributed by atoms with Gasteiger partial charge in [0.05, 0.1) is 15.9 Å². The molecule has 0 fully saturated rings. The minimum atomic E-state index is -0.157. The van der Waals surface area contributed by atoms with Crippen molar-refractivity contribution in [2.45, 2.75) is 27.3 Å². The molecule has 0 aliphatic rings. The number of carbonyl (C=O) groups is 1. The van der Waals surface area contributed by atoms with Crippen LogP contribution < -0.4 is 5.32 Å². The Bertz CT molecular complexity index is 1780. The molecular formula is C30H25N5OS. The monoisotopic (exact) mass is 503 g/mol. The number of nitrogens with zero attached hydrogens (tertiary/aromatic N) is 4. The molecule has 6 aromatic rings. The van der Waals surface area contributed by atoms with E-state index in [1.165, 1.54) is 15.8 Å². The first kappa shape index (κ1) is 23.1. The first-order valence-corrected chi connectivity index (χ1v) is 12.9. The van der Waals surface area contributed by atoms with Gasteiger partial charge in [0.25, 0.3) is 0 Å². The summed E-state index contributed by atoms with van der Waals surface area (Å²) in [6.45, 7) is 6.20. The highest BCUT2D eigenvalue weighted by molar-refractivity contribution is 7.21. The molecule has 3 aromatic carbocycles. The minimum Gasteiger partial charge on any atom is -0.324 e. The largest absolute Gasteiger partial charge is 0.324 e. The second-order valence-electron chi connectivity index (χ2n) is 9.29. The van der Waals surface area contributed by atoms with Crippen LogP contribution in [-0.2, 0) is 11.3 Å². The summed E-state index contributed by atoms with van der Waals surface area (Å²) in [7, 11) is 0. The fourth-order valence-corrected chi connectivity index (χ4v) is 5.70. The Morgan fingerprint density at radius 2 is 1.73 bits per heavy atom. The van der Waals surface area contributed by atoms with Crippen LogP contribution in [0.15, 0.2) is 79.0 Å². The minimum absolute atomic E-state index is 0.0770. The number of anilines is 1. The molecule has 1 amide bonds. The van der Waals surface area contributed by atoms with Crippen molar-refractivity contribution in [3.8, 4) is 21.7 Å². The molecule has 0 saturated heterocycles. The predicted molar refractivity (Wildman–Crippen MR) is 151 cm³/mol. The summed E-state index contributed by atoms with van der Waals surface area (Å²) >= 11 is 1.67. The van der Waals surface area contributed by atoms with Crippen molar-refractivity contribution in [2.24, 2.45) is 0 Å².